The van der Waals surface area contributed by atoms with Crippen molar-refractivity contribution in [1.29, 1.82) is 0 Å². The molecule has 2 aromatic rings. The fraction of sp³-hybridized carbons (Fsp3) is 0.360. The quantitative estimate of drug-likeness (QED) is 0.651. The van der Waals surface area contributed by atoms with Crippen molar-refractivity contribution in [1.82, 2.24) is 4.90 Å². The number of rotatable bonds is 8. The number of benzene rings is 2. The van der Waals surface area contributed by atoms with Gasteiger partial charge in [0.05, 0.1) is 13.2 Å². The smallest absolute Gasteiger partial charge is 0.246 e. The van der Waals surface area contributed by atoms with Gasteiger partial charge < -0.3 is 19.7 Å². The summed E-state index contributed by atoms with van der Waals surface area (Å²) in [5, 5.41) is 2.89. The molecule has 1 aliphatic rings. The normalized spacial score (nSPS) is 14.8. The zero-order valence-electron chi connectivity index (χ0n) is 18.6. The standard InChI is InChI=1S/C25H30N2O4/c1-5-18-9-7-8-10-21(18)26-24(28)16-27(4)25(29)12-11-19-14-23-20(13-17(3)31-23)15-22(19)30-6-2/h7-12,14-15,17H,5-6,13,16H2,1-4H3,(H,26,28)/b12-11+. The van der Waals surface area contributed by atoms with E-state index in [1.54, 1.807) is 13.1 Å². The summed E-state index contributed by atoms with van der Waals surface area (Å²) in [5.74, 6) is 1.04. The fourth-order valence-corrected chi connectivity index (χ4v) is 3.59. The third-order valence-electron chi connectivity index (χ3n) is 5.16. The molecule has 0 radical (unpaired) electrons. The monoisotopic (exact) mass is 422 g/mol. The highest BCUT2D eigenvalue weighted by Crippen LogP contribution is 2.35. The van der Waals surface area contributed by atoms with Crippen LogP contribution in [0.4, 0.5) is 5.69 Å². The highest BCUT2D eigenvalue weighted by atomic mass is 16.5. The van der Waals surface area contributed by atoms with Gasteiger partial charge in [-0.15, -0.1) is 0 Å². The van der Waals surface area contributed by atoms with Gasteiger partial charge in [-0.25, -0.2) is 0 Å². The average molecular weight is 423 g/mol. The molecular formula is C25H30N2O4. The SMILES string of the molecule is CCOc1cc2c(cc1/C=C/C(=O)N(C)CC(=O)Nc1ccccc1CC)OC(C)C2. The number of hydrogen-bond acceptors (Lipinski definition) is 4. The number of carbonyl (C=O) groups is 2. The lowest BCUT2D eigenvalue weighted by Gasteiger charge is -2.16. The topological polar surface area (TPSA) is 67.9 Å². The summed E-state index contributed by atoms with van der Waals surface area (Å²) in [6.07, 6.45) is 4.96. The van der Waals surface area contributed by atoms with Crippen LogP contribution in [0.1, 0.15) is 37.5 Å². The summed E-state index contributed by atoms with van der Waals surface area (Å²) in [6, 6.07) is 11.5. The third-order valence-corrected chi connectivity index (χ3v) is 5.16. The van der Waals surface area contributed by atoms with Crippen LogP contribution >= 0.6 is 0 Å². The van der Waals surface area contributed by atoms with Crippen LogP contribution in [0, 0.1) is 0 Å². The molecule has 0 spiro atoms. The molecule has 6 nitrogen and oxygen atoms in total. The van der Waals surface area contributed by atoms with Gasteiger partial charge in [0.1, 0.15) is 17.6 Å². The van der Waals surface area contributed by atoms with E-state index in [1.807, 2.05) is 57.2 Å². The van der Waals surface area contributed by atoms with Gasteiger partial charge in [0.15, 0.2) is 0 Å². The largest absolute Gasteiger partial charge is 0.493 e. The van der Waals surface area contributed by atoms with Crippen molar-refractivity contribution in [2.24, 2.45) is 0 Å². The maximum absolute atomic E-state index is 12.6. The molecule has 1 atom stereocenters. The molecule has 0 bridgehead atoms. The second kappa shape index (κ2) is 10.2. The second-order valence-electron chi connectivity index (χ2n) is 7.65. The van der Waals surface area contributed by atoms with Gasteiger partial charge in [0.2, 0.25) is 11.8 Å². The predicted octanol–water partition coefficient (Wildman–Crippen LogP) is 4.08. The Morgan fingerprint density at radius 1 is 1.26 bits per heavy atom. The van der Waals surface area contributed by atoms with E-state index in [2.05, 4.69) is 5.32 Å². The van der Waals surface area contributed by atoms with Gasteiger partial charge in [-0.05, 0) is 50.1 Å². The van der Waals surface area contributed by atoms with Crippen molar-refractivity contribution in [2.75, 3.05) is 25.5 Å². The van der Waals surface area contributed by atoms with Crippen molar-refractivity contribution >= 4 is 23.6 Å². The van der Waals surface area contributed by atoms with E-state index in [-0.39, 0.29) is 24.5 Å². The Morgan fingerprint density at radius 3 is 2.77 bits per heavy atom. The molecule has 31 heavy (non-hydrogen) atoms. The van der Waals surface area contributed by atoms with E-state index >= 15 is 0 Å². The molecule has 6 heteroatoms. The number of amides is 2. The van der Waals surface area contributed by atoms with E-state index in [0.29, 0.717) is 6.61 Å². The van der Waals surface area contributed by atoms with Crippen molar-refractivity contribution in [3.8, 4) is 11.5 Å². The molecular weight excluding hydrogens is 392 g/mol. The van der Waals surface area contributed by atoms with Crippen molar-refractivity contribution in [3.63, 3.8) is 0 Å². The van der Waals surface area contributed by atoms with Crippen LogP contribution in [0.25, 0.3) is 6.08 Å². The maximum Gasteiger partial charge on any atom is 0.246 e. The highest BCUT2D eigenvalue weighted by Gasteiger charge is 2.21. The Morgan fingerprint density at radius 2 is 2.03 bits per heavy atom. The Balaban J connectivity index is 1.65. The number of anilines is 1. The second-order valence-corrected chi connectivity index (χ2v) is 7.65. The highest BCUT2D eigenvalue weighted by molar-refractivity contribution is 5.98. The van der Waals surface area contributed by atoms with Crippen LogP contribution in [0.5, 0.6) is 11.5 Å². The van der Waals surface area contributed by atoms with Gasteiger partial charge in [0, 0.05) is 36.4 Å². The number of carbonyl (C=O) groups excluding carboxylic acids is 2. The third kappa shape index (κ3) is 5.66. The lowest BCUT2D eigenvalue weighted by atomic mass is 10.1. The molecule has 164 valence electrons. The zero-order valence-corrected chi connectivity index (χ0v) is 18.6. The number of fused-ring (bicyclic) bond motifs is 1. The van der Waals surface area contributed by atoms with Crippen molar-refractivity contribution in [3.05, 3.63) is 59.2 Å². The summed E-state index contributed by atoms with van der Waals surface area (Å²) in [5.41, 5.74) is 3.72. The number of ether oxygens (including phenoxy) is 2. The van der Waals surface area contributed by atoms with E-state index in [0.717, 1.165) is 46.7 Å². The molecule has 1 N–H and O–H groups in total. The van der Waals surface area contributed by atoms with E-state index in [1.165, 1.54) is 11.0 Å². The maximum atomic E-state index is 12.6. The predicted molar refractivity (Wildman–Crippen MR) is 123 cm³/mol. The Labute approximate surface area is 183 Å². The lowest BCUT2D eigenvalue weighted by molar-refractivity contribution is -0.129. The number of hydrogen-bond donors (Lipinski definition) is 1. The summed E-state index contributed by atoms with van der Waals surface area (Å²) in [6.45, 7) is 6.48. The van der Waals surface area contributed by atoms with Gasteiger partial charge in [-0.1, -0.05) is 25.1 Å². The molecule has 0 aromatic heterocycles. The van der Waals surface area contributed by atoms with Gasteiger partial charge >= 0.3 is 0 Å². The van der Waals surface area contributed by atoms with Crippen LogP contribution in [0.3, 0.4) is 0 Å². The summed E-state index contributed by atoms with van der Waals surface area (Å²) in [7, 11) is 1.61. The van der Waals surface area contributed by atoms with Crippen LogP contribution in [-0.4, -0.2) is 43.0 Å². The first-order valence-electron chi connectivity index (χ1n) is 10.7. The molecule has 1 unspecified atom stereocenters. The molecule has 0 aliphatic carbocycles. The average Bonchev–Trinajstić information content (AvgIpc) is 3.11. The summed E-state index contributed by atoms with van der Waals surface area (Å²) >= 11 is 0. The first-order chi connectivity index (χ1) is 14.9. The van der Waals surface area contributed by atoms with Crippen LogP contribution < -0.4 is 14.8 Å². The summed E-state index contributed by atoms with van der Waals surface area (Å²) < 4.78 is 11.6. The number of aryl methyl sites for hydroxylation is 1. The van der Waals surface area contributed by atoms with E-state index in [4.69, 9.17) is 9.47 Å². The van der Waals surface area contributed by atoms with Gasteiger partial charge in [-0.3, -0.25) is 9.59 Å². The Kier molecular flexibility index (Phi) is 7.34. The van der Waals surface area contributed by atoms with Crippen LogP contribution in [0.2, 0.25) is 0 Å². The van der Waals surface area contributed by atoms with E-state index in [9.17, 15) is 9.59 Å². The van der Waals surface area contributed by atoms with Crippen molar-refractivity contribution < 1.29 is 19.1 Å². The Bertz CT molecular complexity index is 983. The van der Waals surface area contributed by atoms with Gasteiger partial charge in [0.25, 0.3) is 0 Å². The van der Waals surface area contributed by atoms with Gasteiger partial charge in [-0.2, -0.15) is 0 Å². The van der Waals surface area contributed by atoms with Crippen LogP contribution in [-0.2, 0) is 22.4 Å². The molecule has 0 saturated heterocycles. The molecule has 1 heterocycles. The zero-order chi connectivity index (χ0) is 22.4. The molecule has 0 saturated carbocycles. The molecule has 1 aliphatic heterocycles. The Hall–Kier alpha value is -3.28. The minimum atomic E-state index is -0.267. The molecule has 0 fully saturated rings. The number of likely N-dealkylation sites (N-methyl/N-ethyl adjacent to an activating group) is 1. The first-order valence-corrected chi connectivity index (χ1v) is 10.7. The first kappa shape index (κ1) is 22.4. The number of para-hydroxylation sites is 1. The van der Waals surface area contributed by atoms with Crippen molar-refractivity contribution in [2.45, 2.75) is 39.7 Å². The molecule has 3 rings (SSSR count). The minimum Gasteiger partial charge on any atom is -0.493 e. The lowest BCUT2D eigenvalue weighted by Crippen LogP contribution is -2.34. The summed E-state index contributed by atoms with van der Waals surface area (Å²) in [4.78, 5) is 26.4. The fourth-order valence-electron chi connectivity index (χ4n) is 3.59. The minimum absolute atomic E-state index is 0.0373. The number of nitrogens with zero attached hydrogens (tertiary/aromatic N) is 1. The van der Waals surface area contributed by atoms with E-state index < -0.39 is 0 Å². The molecule has 2 amide bonds. The molecule has 2 aromatic carbocycles. The van der Waals surface area contributed by atoms with Crippen LogP contribution in [0.15, 0.2) is 42.5 Å². The number of nitrogens with one attached hydrogen (secondary N) is 1.